The molecule has 0 radical (unpaired) electrons. The second kappa shape index (κ2) is 6.83. The molecule has 29 heavy (non-hydrogen) atoms. The second-order valence-electron chi connectivity index (χ2n) is 8.85. The Labute approximate surface area is 171 Å². The van der Waals surface area contributed by atoms with Crippen molar-refractivity contribution in [2.75, 3.05) is 0 Å². The summed E-state index contributed by atoms with van der Waals surface area (Å²) in [6.07, 6.45) is 1.32. The van der Waals surface area contributed by atoms with Crippen LogP contribution < -0.4 is 5.43 Å². The van der Waals surface area contributed by atoms with Crippen LogP contribution in [-0.4, -0.2) is 22.7 Å². The number of hydrazine groups is 1. The van der Waals surface area contributed by atoms with E-state index in [0.29, 0.717) is 12.8 Å². The molecule has 1 aliphatic heterocycles. The predicted octanol–water partition coefficient (Wildman–Crippen LogP) is 3.66. The van der Waals surface area contributed by atoms with E-state index in [-0.39, 0.29) is 23.6 Å². The van der Waals surface area contributed by atoms with Crippen LogP contribution >= 0.6 is 0 Å². The number of nitrogens with one attached hydrogen (secondary N) is 1. The third-order valence-electron chi connectivity index (χ3n) is 7.17. The van der Waals surface area contributed by atoms with Gasteiger partial charge in [0.1, 0.15) is 0 Å². The molecule has 2 aromatic rings. The summed E-state index contributed by atoms with van der Waals surface area (Å²) >= 11 is 0. The fourth-order valence-corrected chi connectivity index (χ4v) is 4.88. The van der Waals surface area contributed by atoms with Gasteiger partial charge in [-0.3, -0.25) is 19.8 Å². The number of carbonyl (C=O) groups is 3. The molecule has 3 amide bonds. The first-order valence-electron chi connectivity index (χ1n) is 10.1. The number of rotatable bonds is 4. The molecule has 1 saturated carbocycles. The number of imide groups is 1. The van der Waals surface area contributed by atoms with Crippen LogP contribution in [0.3, 0.4) is 0 Å². The Bertz CT molecular complexity index is 915. The molecule has 5 heteroatoms. The molecule has 1 aliphatic carbocycles. The number of hydrogen-bond donors (Lipinski definition) is 1. The largest absolute Gasteiger partial charge is 0.272 e. The van der Waals surface area contributed by atoms with Crippen LogP contribution in [0, 0.1) is 16.7 Å². The second-order valence-corrected chi connectivity index (χ2v) is 8.85. The van der Waals surface area contributed by atoms with E-state index in [9.17, 15) is 14.4 Å². The van der Waals surface area contributed by atoms with E-state index in [1.54, 1.807) is 0 Å². The first-order chi connectivity index (χ1) is 13.8. The summed E-state index contributed by atoms with van der Waals surface area (Å²) in [5, 5.41) is 0.990. The highest BCUT2D eigenvalue weighted by Crippen LogP contribution is 2.59. The van der Waals surface area contributed by atoms with E-state index in [4.69, 9.17) is 0 Å². The minimum Gasteiger partial charge on any atom is -0.272 e. The molecule has 0 aromatic heterocycles. The summed E-state index contributed by atoms with van der Waals surface area (Å²) in [5.41, 5.74) is 3.22. The third kappa shape index (κ3) is 2.87. The van der Waals surface area contributed by atoms with Crippen molar-refractivity contribution in [3.8, 4) is 0 Å². The fraction of sp³-hybridized carbons (Fsp3) is 0.375. The van der Waals surface area contributed by atoms with Crippen molar-refractivity contribution in [3.05, 3.63) is 71.8 Å². The van der Waals surface area contributed by atoms with Gasteiger partial charge in [-0.1, -0.05) is 81.4 Å². The Balaban J connectivity index is 1.67. The lowest BCUT2D eigenvalue weighted by molar-refractivity contribution is -0.174. The lowest BCUT2D eigenvalue weighted by Crippen LogP contribution is -2.64. The quantitative estimate of drug-likeness (QED) is 0.810. The lowest BCUT2D eigenvalue weighted by Gasteiger charge is -2.47. The van der Waals surface area contributed by atoms with Crippen LogP contribution in [0.15, 0.2) is 60.7 Å². The molecule has 5 nitrogen and oxygen atoms in total. The number of amides is 3. The standard InChI is InChI=1S/C24H26N2O3/c1-23(2)18-14-15-24(23,3)22(29)26(21(18)28)25-20(27)19(16-10-6-4-7-11-16)17-12-8-5-9-13-17/h4-13,18-19H,14-15H2,1-3H3,(H,25,27)/t18-,24-/m0/s1. The van der Waals surface area contributed by atoms with Crippen molar-refractivity contribution in [2.45, 2.75) is 39.5 Å². The number of nitrogens with zero attached hydrogens (tertiary/aromatic N) is 1. The highest BCUT2D eigenvalue weighted by atomic mass is 16.2. The molecule has 2 fully saturated rings. The normalized spacial score (nSPS) is 25.4. The van der Waals surface area contributed by atoms with E-state index in [2.05, 4.69) is 5.43 Å². The Morgan fingerprint density at radius 1 is 0.966 bits per heavy atom. The Morgan fingerprint density at radius 2 is 1.48 bits per heavy atom. The van der Waals surface area contributed by atoms with Gasteiger partial charge in [0.25, 0.3) is 17.7 Å². The van der Waals surface area contributed by atoms with Gasteiger partial charge in [-0.25, -0.2) is 0 Å². The monoisotopic (exact) mass is 390 g/mol. The Hall–Kier alpha value is -2.95. The van der Waals surface area contributed by atoms with Gasteiger partial charge in [0.15, 0.2) is 0 Å². The number of fused-ring (bicyclic) bond motifs is 2. The average Bonchev–Trinajstić information content (AvgIpc) is 2.91. The van der Waals surface area contributed by atoms with Crippen molar-refractivity contribution in [3.63, 3.8) is 0 Å². The van der Waals surface area contributed by atoms with Crippen LogP contribution in [0.5, 0.6) is 0 Å². The van der Waals surface area contributed by atoms with Gasteiger partial charge in [0.2, 0.25) is 0 Å². The lowest BCUT2D eigenvalue weighted by atomic mass is 9.63. The van der Waals surface area contributed by atoms with Crippen LogP contribution in [0.2, 0.25) is 0 Å². The first kappa shape index (κ1) is 19.4. The molecule has 4 rings (SSSR count). The average molecular weight is 390 g/mol. The molecule has 2 atom stereocenters. The summed E-state index contributed by atoms with van der Waals surface area (Å²) in [4.78, 5) is 39.7. The number of benzene rings is 2. The summed E-state index contributed by atoms with van der Waals surface area (Å²) in [6, 6.07) is 18.8. The molecule has 1 N–H and O–H groups in total. The number of hydrogen-bond acceptors (Lipinski definition) is 3. The Kier molecular flexibility index (Phi) is 4.56. The third-order valence-corrected chi connectivity index (χ3v) is 7.17. The number of carbonyl (C=O) groups excluding carboxylic acids is 3. The number of piperidine rings is 1. The molecule has 2 bridgehead atoms. The van der Waals surface area contributed by atoms with E-state index in [0.717, 1.165) is 16.1 Å². The summed E-state index contributed by atoms with van der Waals surface area (Å²) in [6.45, 7) is 5.87. The molecule has 1 heterocycles. The van der Waals surface area contributed by atoms with Gasteiger partial charge in [-0.15, -0.1) is 0 Å². The van der Waals surface area contributed by atoms with Crippen LogP contribution in [0.25, 0.3) is 0 Å². The van der Waals surface area contributed by atoms with Gasteiger partial charge >= 0.3 is 0 Å². The van der Waals surface area contributed by atoms with Crippen molar-refractivity contribution >= 4 is 17.7 Å². The molecule has 1 saturated heterocycles. The summed E-state index contributed by atoms with van der Waals surface area (Å²) in [5.74, 6) is -1.87. The highest BCUT2D eigenvalue weighted by molar-refractivity contribution is 6.05. The van der Waals surface area contributed by atoms with Crippen molar-refractivity contribution < 1.29 is 14.4 Å². The molecule has 0 spiro atoms. The SMILES string of the molecule is CC1(C)[C@H]2CC[C@@]1(C)C(=O)N(NC(=O)C(c1ccccc1)c1ccccc1)C2=O. The van der Waals surface area contributed by atoms with Gasteiger partial charge in [-0.05, 0) is 29.4 Å². The van der Waals surface area contributed by atoms with Gasteiger partial charge in [0.05, 0.1) is 11.3 Å². The fourth-order valence-electron chi connectivity index (χ4n) is 4.88. The minimum atomic E-state index is -0.659. The van der Waals surface area contributed by atoms with Crippen LogP contribution in [0.4, 0.5) is 0 Å². The highest BCUT2D eigenvalue weighted by Gasteiger charge is 2.65. The van der Waals surface area contributed by atoms with Crippen LogP contribution in [0.1, 0.15) is 50.7 Å². The van der Waals surface area contributed by atoms with E-state index < -0.39 is 16.7 Å². The Morgan fingerprint density at radius 3 is 2.00 bits per heavy atom. The molecular formula is C24H26N2O3. The van der Waals surface area contributed by atoms with Crippen LogP contribution in [-0.2, 0) is 14.4 Å². The van der Waals surface area contributed by atoms with E-state index in [1.165, 1.54) is 0 Å². The summed E-state index contributed by atoms with van der Waals surface area (Å²) < 4.78 is 0. The van der Waals surface area contributed by atoms with Crippen molar-refractivity contribution in [1.82, 2.24) is 10.4 Å². The van der Waals surface area contributed by atoms with Crippen molar-refractivity contribution in [2.24, 2.45) is 16.7 Å². The molecule has 2 aliphatic rings. The van der Waals surface area contributed by atoms with Gasteiger partial charge in [0, 0.05) is 5.92 Å². The zero-order chi connectivity index (χ0) is 20.8. The zero-order valence-electron chi connectivity index (χ0n) is 17.0. The maximum atomic E-state index is 13.3. The minimum absolute atomic E-state index is 0.266. The smallest absolute Gasteiger partial charge is 0.254 e. The van der Waals surface area contributed by atoms with Crippen molar-refractivity contribution in [1.29, 1.82) is 0 Å². The first-order valence-corrected chi connectivity index (χ1v) is 10.1. The maximum Gasteiger partial charge on any atom is 0.254 e. The maximum absolute atomic E-state index is 13.3. The molecule has 2 aromatic carbocycles. The molecule has 150 valence electrons. The summed E-state index contributed by atoms with van der Waals surface area (Å²) in [7, 11) is 0. The molecular weight excluding hydrogens is 364 g/mol. The topological polar surface area (TPSA) is 66.5 Å². The molecule has 0 unspecified atom stereocenters. The van der Waals surface area contributed by atoms with E-state index in [1.807, 2.05) is 81.4 Å². The van der Waals surface area contributed by atoms with Gasteiger partial charge in [-0.2, -0.15) is 5.01 Å². The van der Waals surface area contributed by atoms with E-state index >= 15 is 0 Å². The van der Waals surface area contributed by atoms with Gasteiger partial charge < -0.3 is 0 Å². The zero-order valence-corrected chi connectivity index (χ0v) is 17.0. The predicted molar refractivity (Wildman–Crippen MR) is 109 cm³/mol.